The van der Waals surface area contributed by atoms with Crippen molar-refractivity contribution in [3.8, 4) is 11.5 Å². The van der Waals surface area contributed by atoms with Crippen molar-refractivity contribution in [3.05, 3.63) is 84.2 Å². The van der Waals surface area contributed by atoms with Crippen molar-refractivity contribution < 1.29 is 13.7 Å². The average molecular weight is 531 g/mol. The number of nitrogens with zero attached hydrogens (tertiary/aromatic N) is 3. The molecule has 0 amide bonds. The first-order chi connectivity index (χ1) is 18.7. The van der Waals surface area contributed by atoms with Crippen LogP contribution in [0.5, 0.6) is 11.5 Å². The maximum Gasteiger partial charge on any atom is 0.141 e. The van der Waals surface area contributed by atoms with Crippen LogP contribution < -0.4 is 14.8 Å². The summed E-state index contributed by atoms with van der Waals surface area (Å²) in [5.41, 5.74) is 4.10. The molecule has 1 aliphatic rings. The molecule has 2 heterocycles. The van der Waals surface area contributed by atoms with Crippen molar-refractivity contribution in [1.82, 2.24) is 14.9 Å². The number of methoxy groups -OCH3 is 1. The molecule has 0 aliphatic carbocycles. The molecule has 3 aromatic carbocycles. The van der Waals surface area contributed by atoms with Crippen molar-refractivity contribution in [2.75, 3.05) is 43.6 Å². The number of fused-ring (bicyclic) bond motifs is 1. The van der Waals surface area contributed by atoms with Crippen LogP contribution in [0.3, 0.4) is 0 Å². The van der Waals surface area contributed by atoms with Crippen molar-refractivity contribution in [1.29, 1.82) is 0 Å². The van der Waals surface area contributed by atoms with Crippen molar-refractivity contribution in [2.24, 2.45) is 0 Å². The van der Waals surface area contributed by atoms with Crippen LogP contribution in [0.2, 0.25) is 0 Å². The molecule has 0 spiro atoms. The Hall–Kier alpha value is -3.49. The normalized spacial score (nSPS) is 14.4. The molecule has 5 rings (SSSR count). The molecule has 1 aromatic heterocycles. The third-order valence-electron chi connectivity index (χ3n) is 6.84. The molecule has 0 radical (unpaired) electrons. The number of benzene rings is 3. The highest BCUT2D eigenvalue weighted by atomic mass is 32.2. The van der Waals surface area contributed by atoms with Gasteiger partial charge in [-0.2, -0.15) is 0 Å². The minimum absolute atomic E-state index is 0.534. The molecule has 0 atom stereocenters. The predicted molar refractivity (Wildman–Crippen MR) is 154 cm³/mol. The third-order valence-corrected chi connectivity index (χ3v) is 8.12. The monoisotopic (exact) mass is 530 g/mol. The first kappa shape index (κ1) is 26.1. The summed E-state index contributed by atoms with van der Waals surface area (Å²) in [7, 11) is 1.09. The summed E-state index contributed by atoms with van der Waals surface area (Å²) in [5.74, 6) is 4.02. The minimum atomic E-state index is -0.621. The van der Waals surface area contributed by atoms with Crippen LogP contribution in [0.15, 0.2) is 73.1 Å². The van der Waals surface area contributed by atoms with Gasteiger partial charge in [-0.15, -0.1) is 0 Å². The summed E-state index contributed by atoms with van der Waals surface area (Å²) in [4.78, 5) is 11.5. The van der Waals surface area contributed by atoms with E-state index >= 15 is 0 Å². The molecular weight excluding hydrogens is 496 g/mol. The Morgan fingerprint density at radius 2 is 1.76 bits per heavy atom. The molecule has 38 heavy (non-hydrogen) atoms. The van der Waals surface area contributed by atoms with E-state index in [0.717, 1.165) is 95.4 Å². The maximum absolute atomic E-state index is 11.6. The molecule has 7 nitrogen and oxygen atoms in total. The molecule has 1 aliphatic heterocycles. The molecule has 4 aromatic rings. The largest absolute Gasteiger partial charge is 0.496 e. The summed E-state index contributed by atoms with van der Waals surface area (Å²) in [6.07, 6.45) is 4.69. The zero-order valence-corrected chi connectivity index (χ0v) is 22.6. The lowest BCUT2D eigenvalue weighted by Crippen LogP contribution is -2.38. The van der Waals surface area contributed by atoms with Gasteiger partial charge in [0.1, 0.15) is 30.3 Å². The van der Waals surface area contributed by atoms with Crippen LogP contribution in [0, 0.1) is 0 Å². The molecule has 1 N–H and O–H groups in total. The van der Waals surface area contributed by atoms with Crippen molar-refractivity contribution in [3.63, 3.8) is 0 Å². The van der Waals surface area contributed by atoms with E-state index in [2.05, 4.69) is 38.4 Å². The van der Waals surface area contributed by atoms with Gasteiger partial charge in [-0.3, -0.25) is 4.21 Å². The first-order valence-electron chi connectivity index (χ1n) is 13.1. The topological polar surface area (TPSA) is 76.6 Å². The maximum atomic E-state index is 11.6. The van der Waals surface area contributed by atoms with Crippen molar-refractivity contribution in [2.45, 2.75) is 25.9 Å². The highest BCUT2D eigenvalue weighted by Crippen LogP contribution is 2.31. The highest BCUT2D eigenvalue weighted by molar-refractivity contribution is 7.85. The molecule has 0 saturated carbocycles. The van der Waals surface area contributed by atoms with Gasteiger partial charge in [-0.1, -0.05) is 30.3 Å². The first-order valence-corrected chi connectivity index (χ1v) is 14.6. The van der Waals surface area contributed by atoms with E-state index in [9.17, 15) is 4.21 Å². The van der Waals surface area contributed by atoms with Crippen LogP contribution in [0.25, 0.3) is 10.9 Å². The summed E-state index contributed by atoms with van der Waals surface area (Å²) < 4.78 is 23.2. The number of aryl methyl sites for hydroxylation is 1. The van der Waals surface area contributed by atoms with Crippen molar-refractivity contribution >= 4 is 33.2 Å². The minimum Gasteiger partial charge on any atom is -0.496 e. The number of hydrogen-bond acceptors (Lipinski definition) is 7. The van der Waals surface area contributed by atoms with Gasteiger partial charge in [0.25, 0.3) is 0 Å². The second-order valence-electron chi connectivity index (χ2n) is 9.47. The van der Waals surface area contributed by atoms with Crippen LogP contribution in [-0.2, 0) is 23.8 Å². The molecule has 0 bridgehead atoms. The van der Waals surface area contributed by atoms with Crippen LogP contribution in [-0.4, -0.2) is 57.3 Å². The van der Waals surface area contributed by atoms with Crippen LogP contribution >= 0.6 is 0 Å². The standard InChI is InChI=1S/C30H34N4O3S/c1-36-29-20-27-28(19-24(29)9-5-6-14-34-15-17-38(35)18-16-34)31-22-32-30(27)33-25-10-12-26(13-11-25)37-21-23-7-3-2-4-8-23/h2-4,7-8,10-13,19-20,22H,5-6,9,14-18,21H2,1H3,(H,31,32,33). The molecule has 0 unspecified atom stereocenters. The lowest BCUT2D eigenvalue weighted by atomic mass is 10.0. The quantitative estimate of drug-likeness (QED) is 0.262. The van der Waals surface area contributed by atoms with E-state index in [1.54, 1.807) is 13.4 Å². The van der Waals surface area contributed by atoms with Gasteiger partial charge >= 0.3 is 0 Å². The van der Waals surface area contributed by atoms with E-state index in [-0.39, 0.29) is 0 Å². The van der Waals surface area contributed by atoms with Gasteiger partial charge in [0.15, 0.2) is 0 Å². The van der Waals surface area contributed by atoms with Gasteiger partial charge in [0, 0.05) is 46.5 Å². The number of aromatic nitrogens is 2. The Morgan fingerprint density at radius 3 is 2.53 bits per heavy atom. The number of unbranched alkanes of at least 4 members (excludes halogenated alkanes) is 1. The van der Waals surface area contributed by atoms with Gasteiger partial charge in [0.05, 0.1) is 12.6 Å². The van der Waals surface area contributed by atoms with Crippen LogP contribution in [0.1, 0.15) is 24.0 Å². The van der Waals surface area contributed by atoms with E-state index in [1.807, 2.05) is 48.5 Å². The SMILES string of the molecule is COc1cc2c(Nc3ccc(OCc4ccccc4)cc3)ncnc2cc1CCCCN1CCS(=O)CC1. The zero-order chi connectivity index (χ0) is 26.2. The number of hydrogen-bond donors (Lipinski definition) is 1. The Bertz CT molecular complexity index is 1360. The number of ether oxygens (including phenoxy) is 2. The van der Waals surface area contributed by atoms with E-state index in [0.29, 0.717) is 6.61 Å². The summed E-state index contributed by atoms with van der Waals surface area (Å²) in [5, 5.41) is 4.34. The molecule has 1 saturated heterocycles. The lowest BCUT2D eigenvalue weighted by molar-refractivity contribution is 0.292. The summed E-state index contributed by atoms with van der Waals surface area (Å²) in [6.45, 7) is 3.48. The van der Waals surface area contributed by atoms with Gasteiger partial charge in [-0.25, -0.2) is 9.97 Å². The van der Waals surface area contributed by atoms with Gasteiger partial charge in [0.2, 0.25) is 0 Å². The third kappa shape index (κ3) is 6.88. The molecule has 198 valence electrons. The fourth-order valence-electron chi connectivity index (χ4n) is 4.67. The Labute approximate surface area is 226 Å². The molecule has 8 heteroatoms. The van der Waals surface area contributed by atoms with Gasteiger partial charge < -0.3 is 19.7 Å². The lowest BCUT2D eigenvalue weighted by Gasteiger charge is -2.25. The fraction of sp³-hybridized carbons (Fsp3) is 0.333. The highest BCUT2D eigenvalue weighted by Gasteiger charge is 2.15. The Kier molecular flexibility index (Phi) is 8.83. The molecular formula is C30H34N4O3S. The smallest absolute Gasteiger partial charge is 0.141 e. The number of nitrogens with one attached hydrogen (secondary N) is 1. The Morgan fingerprint density at radius 1 is 0.974 bits per heavy atom. The fourth-order valence-corrected chi connectivity index (χ4v) is 5.80. The summed E-state index contributed by atoms with van der Waals surface area (Å²) in [6, 6.07) is 22.2. The van der Waals surface area contributed by atoms with E-state index in [1.165, 1.54) is 0 Å². The molecule has 1 fully saturated rings. The number of rotatable bonds is 11. The number of anilines is 2. The summed E-state index contributed by atoms with van der Waals surface area (Å²) >= 11 is 0. The second-order valence-corrected chi connectivity index (χ2v) is 11.2. The zero-order valence-electron chi connectivity index (χ0n) is 21.8. The van der Waals surface area contributed by atoms with Crippen LogP contribution in [0.4, 0.5) is 11.5 Å². The van der Waals surface area contributed by atoms with Gasteiger partial charge in [-0.05, 0) is 73.3 Å². The predicted octanol–water partition coefficient (Wildman–Crippen LogP) is 5.35. The Balaban J connectivity index is 1.21. The van der Waals surface area contributed by atoms with E-state index in [4.69, 9.17) is 9.47 Å². The second kappa shape index (κ2) is 12.8. The average Bonchev–Trinajstić information content (AvgIpc) is 2.96. The van der Waals surface area contributed by atoms with E-state index < -0.39 is 10.8 Å².